The number of imide groups is 1. The number of hydrogen-bond acceptors (Lipinski definition) is 2. The van der Waals surface area contributed by atoms with E-state index in [4.69, 9.17) is 0 Å². The summed E-state index contributed by atoms with van der Waals surface area (Å²) < 4.78 is 0. The van der Waals surface area contributed by atoms with E-state index in [0.29, 0.717) is 11.1 Å². The molecule has 1 aromatic rings. The summed E-state index contributed by atoms with van der Waals surface area (Å²) in [7, 11) is 0. The van der Waals surface area contributed by atoms with Crippen LogP contribution in [-0.2, 0) is 0 Å². The van der Waals surface area contributed by atoms with Gasteiger partial charge in [0.25, 0.3) is 11.8 Å². The summed E-state index contributed by atoms with van der Waals surface area (Å²) in [6, 6.07) is 6.78. The second-order valence-electron chi connectivity index (χ2n) is 3.27. The van der Waals surface area contributed by atoms with E-state index >= 15 is 0 Å². The first-order chi connectivity index (χ1) is 7.75. The van der Waals surface area contributed by atoms with Crippen molar-refractivity contribution in [3.63, 3.8) is 0 Å². The van der Waals surface area contributed by atoms with Crippen molar-refractivity contribution in [2.75, 3.05) is 6.54 Å². The highest BCUT2D eigenvalue weighted by atomic mass is 16.2. The molecular formula is C13H9NO2. The molecule has 0 unspecified atom stereocenters. The molecule has 0 N–H and O–H groups in total. The molecule has 3 heteroatoms. The summed E-state index contributed by atoms with van der Waals surface area (Å²) in [5.74, 6) is 4.74. The van der Waals surface area contributed by atoms with Gasteiger partial charge in [-0.3, -0.25) is 14.5 Å². The molecule has 78 valence electrons. The van der Waals surface area contributed by atoms with E-state index in [0.717, 1.165) is 4.90 Å². The Kier molecular flexibility index (Phi) is 2.57. The van der Waals surface area contributed by atoms with Crippen LogP contribution in [0.25, 0.3) is 0 Å². The molecule has 1 aliphatic heterocycles. The second kappa shape index (κ2) is 4.03. The molecule has 0 radical (unpaired) electrons. The van der Waals surface area contributed by atoms with Gasteiger partial charge in [-0.05, 0) is 18.2 Å². The Morgan fingerprint density at radius 2 is 1.75 bits per heavy atom. The highest BCUT2D eigenvalue weighted by Gasteiger charge is 2.34. The maximum absolute atomic E-state index is 11.8. The molecule has 1 heterocycles. The van der Waals surface area contributed by atoms with Crippen LogP contribution in [0.4, 0.5) is 0 Å². The number of amides is 2. The Hall–Kier alpha value is -2.34. The van der Waals surface area contributed by atoms with Crippen LogP contribution >= 0.6 is 0 Å². The number of carbonyl (C=O) groups excluding carboxylic acids is 2. The average molecular weight is 211 g/mol. The van der Waals surface area contributed by atoms with Crippen molar-refractivity contribution in [3.8, 4) is 11.8 Å². The summed E-state index contributed by atoms with van der Waals surface area (Å²) in [6.07, 6.45) is 1.43. The number of fused-ring (bicyclic) bond motifs is 1. The molecule has 1 aliphatic rings. The van der Waals surface area contributed by atoms with Gasteiger partial charge >= 0.3 is 0 Å². The van der Waals surface area contributed by atoms with E-state index in [1.807, 2.05) is 0 Å². The number of benzene rings is 1. The van der Waals surface area contributed by atoms with E-state index in [-0.39, 0.29) is 18.4 Å². The summed E-state index contributed by atoms with van der Waals surface area (Å²) in [5.41, 5.74) is 0.904. The Morgan fingerprint density at radius 1 is 1.19 bits per heavy atom. The molecule has 0 bridgehead atoms. The summed E-state index contributed by atoms with van der Waals surface area (Å²) >= 11 is 0. The molecule has 0 saturated heterocycles. The lowest BCUT2D eigenvalue weighted by Crippen LogP contribution is -2.29. The van der Waals surface area contributed by atoms with Crippen LogP contribution < -0.4 is 0 Å². The molecule has 0 aliphatic carbocycles. The van der Waals surface area contributed by atoms with Gasteiger partial charge < -0.3 is 0 Å². The van der Waals surface area contributed by atoms with E-state index in [2.05, 4.69) is 18.4 Å². The van der Waals surface area contributed by atoms with E-state index in [1.54, 1.807) is 24.3 Å². The molecule has 2 amide bonds. The van der Waals surface area contributed by atoms with Crippen LogP contribution in [0.15, 0.2) is 36.9 Å². The standard InChI is InChI=1S/C13H9NO2/c1-2-3-6-9-14-12(15)10-7-4-5-8-11(10)13(14)16/h2,4-5,7-8H,1,9H2. The normalized spacial score (nSPS) is 13.1. The minimum atomic E-state index is -0.279. The Balaban J connectivity index is 2.31. The van der Waals surface area contributed by atoms with Crippen molar-refractivity contribution in [3.05, 3.63) is 48.0 Å². The zero-order valence-corrected chi connectivity index (χ0v) is 8.56. The van der Waals surface area contributed by atoms with Crippen LogP contribution in [0, 0.1) is 11.8 Å². The smallest absolute Gasteiger partial charge is 0.262 e. The number of carbonyl (C=O) groups is 2. The van der Waals surface area contributed by atoms with Gasteiger partial charge in [-0.25, -0.2) is 0 Å². The van der Waals surface area contributed by atoms with Crippen LogP contribution in [0.1, 0.15) is 20.7 Å². The van der Waals surface area contributed by atoms with Crippen LogP contribution in [0.3, 0.4) is 0 Å². The molecule has 2 rings (SSSR count). The fourth-order valence-electron chi connectivity index (χ4n) is 1.58. The molecule has 0 atom stereocenters. The molecule has 0 saturated carbocycles. The van der Waals surface area contributed by atoms with Crippen molar-refractivity contribution >= 4 is 11.8 Å². The molecule has 3 nitrogen and oxygen atoms in total. The van der Waals surface area contributed by atoms with Gasteiger partial charge in [-0.1, -0.05) is 30.6 Å². The first kappa shape index (κ1) is 10.2. The van der Waals surface area contributed by atoms with Crippen molar-refractivity contribution in [2.24, 2.45) is 0 Å². The Morgan fingerprint density at radius 3 is 2.25 bits per heavy atom. The molecule has 0 fully saturated rings. The molecular weight excluding hydrogens is 202 g/mol. The third-order valence-electron chi connectivity index (χ3n) is 2.32. The second-order valence-corrected chi connectivity index (χ2v) is 3.27. The third-order valence-corrected chi connectivity index (χ3v) is 2.32. The van der Waals surface area contributed by atoms with Gasteiger partial charge in [0.1, 0.15) is 0 Å². The minimum absolute atomic E-state index is 0.109. The summed E-state index contributed by atoms with van der Waals surface area (Å²) in [5, 5.41) is 0. The quantitative estimate of drug-likeness (QED) is 0.521. The van der Waals surface area contributed by atoms with E-state index in [1.165, 1.54) is 6.08 Å². The summed E-state index contributed by atoms with van der Waals surface area (Å²) in [6.45, 7) is 3.55. The Bertz CT molecular complexity index is 499. The van der Waals surface area contributed by atoms with Crippen LogP contribution in [0.5, 0.6) is 0 Å². The first-order valence-electron chi connectivity index (χ1n) is 4.80. The number of allylic oxidation sites excluding steroid dienone is 1. The largest absolute Gasteiger partial charge is 0.269 e. The van der Waals surface area contributed by atoms with Gasteiger partial charge in [0.15, 0.2) is 0 Å². The van der Waals surface area contributed by atoms with Crippen molar-refractivity contribution in [1.29, 1.82) is 0 Å². The molecule has 16 heavy (non-hydrogen) atoms. The third kappa shape index (κ3) is 1.51. The zero-order valence-electron chi connectivity index (χ0n) is 8.56. The lowest BCUT2D eigenvalue weighted by molar-refractivity contribution is 0.0675. The SMILES string of the molecule is C=CC#CCN1C(=O)c2ccccc2C1=O. The van der Waals surface area contributed by atoms with Gasteiger partial charge in [-0.2, -0.15) is 0 Å². The fraction of sp³-hybridized carbons (Fsp3) is 0.0769. The topological polar surface area (TPSA) is 37.4 Å². The van der Waals surface area contributed by atoms with Crippen LogP contribution in [0.2, 0.25) is 0 Å². The lowest BCUT2D eigenvalue weighted by atomic mass is 10.1. The van der Waals surface area contributed by atoms with Crippen molar-refractivity contribution < 1.29 is 9.59 Å². The minimum Gasteiger partial charge on any atom is -0.269 e. The molecule has 0 aromatic heterocycles. The predicted molar refractivity (Wildman–Crippen MR) is 59.8 cm³/mol. The van der Waals surface area contributed by atoms with Gasteiger partial charge in [0, 0.05) is 0 Å². The first-order valence-corrected chi connectivity index (χ1v) is 4.80. The van der Waals surface area contributed by atoms with Gasteiger partial charge in [0.2, 0.25) is 0 Å². The van der Waals surface area contributed by atoms with Crippen molar-refractivity contribution in [2.45, 2.75) is 0 Å². The maximum Gasteiger partial charge on any atom is 0.262 e. The monoisotopic (exact) mass is 211 g/mol. The summed E-state index contributed by atoms with van der Waals surface area (Å²) in [4.78, 5) is 24.8. The highest BCUT2D eigenvalue weighted by Crippen LogP contribution is 2.21. The molecule has 1 aromatic carbocycles. The van der Waals surface area contributed by atoms with Crippen molar-refractivity contribution in [1.82, 2.24) is 4.90 Å². The van der Waals surface area contributed by atoms with Gasteiger partial charge in [0.05, 0.1) is 17.7 Å². The Labute approximate surface area is 93.4 Å². The predicted octanol–water partition coefficient (Wildman–Crippen LogP) is 1.47. The average Bonchev–Trinajstić information content (AvgIpc) is 2.55. The molecule has 0 spiro atoms. The fourth-order valence-corrected chi connectivity index (χ4v) is 1.58. The number of hydrogen-bond donors (Lipinski definition) is 0. The van der Waals surface area contributed by atoms with Crippen LogP contribution in [-0.4, -0.2) is 23.3 Å². The van der Waals surface area contributed by atoms with Gasteiger partial charge in [-0.15, -0.1) is 0 Å². The highest BCUT2D eigenvalue weighted by molar-refractivity contribution is 6.21. The lowest BCUT2D eigenvalue weighted by Gasteiger charge is -2.08. The number of nitrogens with zero attached hydrogens (tertiary/aromatic N) is 1. The van der Waals surface area contributed by atoms with E-state index in [9.17, 15) is 9.59 Å². The zero-order chi connectivity index (χ0) is 11.5. The maximum atomic E-state index is 11.8. The van der Waals surface area contributed by atoms with E-state index < -0.39 is 0 Å². The number of rotatable bonds is 1.